The lowest BCUT2D eigenvalue weighted by molar-refractivity contribution is 0.181. The summed E-state index contributed by atoms with van der Waals surface area (Å²) in [5.74, 6) is 4.09. The molecule has 1 saturated heterocycles. The van der Waals surface area contributed by atoms with E-state index in [1.807, 2.05) is 0 Å². The highest BCUT2D eigenvalue weighted by molar-refractivity contribution is 7.80. The molecule has 10 atom stereocenters. The molecule has 4 N–H and O–H groups in total. The van der Waals surface area contributed by atoms with Crippen molar-refractivity contribution in [2.24, 2.45) is 41.2 Å². The number of nitrogens with one attached hydrogen (secondary N) is 2. The predicted molar refractivity (Wildman–Crippen MR) is 124 cm³/mol. The van der Waals surface area contributed by atoms with Crippen LogP contribution in [0.3, 0.4) is 0 Å². The van der Waals surface area contributed by atoms with Crippen LogP contribution in [0, 0.1) is 35.5 Å². The van der Waals surface area contributed by atoms with Crippen molar-refractivity contribution in [3.8, 4) is 0 Å². The van der Waals surface area contributed by atoms with Gasteiger partial charge in [-0.3, -0.25) is 5.32 Å². The summed E-state index contributed by atoms with van der Waals surface area (Å²) in [6, 6.07) is 0.962. The second-order valence-electron chi connectivity index (χ2n) is 9.70. The van der Waals surface area contributed by atoms with E-state index in [1.54, 1.807) is 0 Å². The topological polar surface area (TPSA) is 50.1 Å². The molecule has 0 aromatic heterocycles. The van der Waals surface area contributed by atoms with Crippen molar-refractivity contribution in [3.63, 3.8) is 0 Å². The van der Waals surface area contributed by atoms with Crippen LogP contribution < -0.4 is 16.4 Å². The Labute approximate surface area is 175 Å². The molecule has 27 heavy (non-hydrogen) atoms. The molecule has 3 nitrogen and oxygen atoms in total. The van der Waals surface area contributed by atoms with E-state index in [9.17, 15) is 0 Å². The summed E-state index contributed by atoms with van der Waals surface area (Å²) >= 11 is 4.68. The van der Waals surface area contributed by atoms with Gasteiger partial charge in [-0.2, -0.15) is 12.6 Å². The number of hydrogen-bond donors (Lipinski definition) is 4. The third-order valence-electron chi connectivity index (χ3n) is 7.68. The first-order chi connectivity index (χ1) is 12.7. The molecule has 4 heteroatoms. The Balaban J connectivity index is 2.88. The maximum absolute atomic E-state index is 6.66. The van der Waals surface area contributed by atoms with E-state index in [4.69, 9.17) is 5.73 Å². The van der Waals surface area contributed by atoms with Crippen LogP contribution in [0.25, 0.3) is 0 Å². The zero-order valence-electron chi connectivity index (χ0n) is 19.3. The second-order valence-corrected chi connectivity index (χ2v) is 10.5. The van der Waals surface area contributed by atoms with Crippen LogP contribution in [0.1, 0.15) is 80.6 Å². The smallest absolute Gasteiger partial charge is 0.0581 e. The molecule has 0 spiro atoms. The lowest BCUT2D eigenvalue weighted by Crippen LogP contribution is -2.42. The van der Waals surface area contributed by atoms with Gasteiger partial charge < -0.3 is 11.1 Å². The highest BCUT2D eigenvalue weighted by atomic mass is 32.1. The molecular formula is C23H49N3S. The highest BCUT2D eigenvalue weighted by Crippen LogP contribution is 2.39. The van der Waals surface area contributed by atoms with E-state index in [1.165, 1.54) is 25.7 Å². The maximum Gasteiger partial charge on any atom is 0.0581 e. The van der Waals surface area contributed by atoms with Crippen molar-refractivity contribution in [3.05, 3.63) is 0 Å². The largest absolute Gasteiger partial charge is 0.317 e. The first kappa shape index (κ1) is 25.3. The van der Waals surface area contributed by atoms with E-state index in [-0.39, 0.29) is 6.17 Å². The van der Waals surface area contributed by atoms with Crippen LogP contribution in [-0.4, -0.2) is 30.5 Å². The Hall–Kier alpha value is 0.230. The summed E-state index contributed by atoms with van der Waals surface area (Å²) in [6.45, 7) is 16.4. The average Bonchev–Trinajstić information content (AvgIpc) is 2.93. The van der Waals surface area contributed by atoms with E-state index in [0.717, 1.165) is 24.2 Å². The average molecular weight is 400 g/mol. The lowest BCUT2D eigenvalue weighted by atomic mass is 9.73. The fourth-order valence-corrected chi connectivity index (χ4v) is 5.29. The van der Waals surface area contributed by atoms with Gasteiger partial charge in [0.05, 0.1) is 6.17 Å². The van der Waals surface area contributed by atoms with Crippen molar-refractivity contribution in [1.82, 2.24) is 10.6 Å². The van der Waals surface area contributed by atoms with Gasteiger partial charge in [0.1, 0.15) is 0 Å². The van der Waals surface area contributed by atoms with Crippen LogP contribution in [0.15, 0.2) is 0 Å². The number of hydrogen-bond acceptors (Lipinski definition) is 4. The Bertz CT molecular complexity index is 403. The first-order valence-electron chi connectivity index (χ1n) is 11.5. The predicted octanol–water partition coefficient (Wildman–Crippen LogP) is 4.92. The van der Waals surface area contributed by atoms with Crippen LogP contribution >= 0.6 is 12.6 Å². The molecule has 0 saturated carbocycles. The fourth-order valence-electron chi connectivity index (χ4n) is 5.16. The molecule has 1 aliphatic rings. The van der Waals surface area contributed by atoms with E-state index in [0.29, 0.717) is 35.1 Å². The molecule has 0 aromatic carbocycles. The molecule has 0 amide bonds. The number of thiol groups is 1. The van der Waals surface area contributed by atoms with Crippen molar-refractivity contribution >= 4 is 12.6 Å². The first-order valence-corrected chi connectivity index (χ1v) is 12.0. The van der Waals surface area contributed by atoms with Gasteiger partial charge >= 0.3 is 0 Å². The molecule has 10 unspecified atom stereocenters. The molecule has 1 rings (SSSR count). The maximum atomic E-state index is 6.66. The summed E-state index contributed by atoms with van der Waals surface area (Å²) in [5, 5.41) is 7.73. The Morgan fingerprint density at radius 1 is 1.00 bits per heavy atom. The molecule has 162 valence electrons. The van der Waals surface area contributed by atoms with Crippen molar-refractivity contribution < 1.29 is 0 Å². The van der Waals surface area contributed by atoms with Gasteiger partial charge in [0.25, 0.3) is 0 Å². The monoisotopic (exact) mass is 399 g/mol. The van der Waals surface area contributed by atoms with Gasteiger partial charge in [-0.25, -0.2) is 0 Å². The fraction of sp³-hybridized carbons (Fsp3) is 1.00. The normalized spacial score (nSPS) is 32.7. The molecule has 1 aliphatic heterocycles. The summed E-state index contributed by atoms with van der Waals surface area (Å²) in [5.41, 5.74) is 6.66. The molecule has 0 bridgehead atoms. The zero-order chi connectivity index (χ0) is 20.7. The van der Waals surface area contributed by atoms with Gasteiger partial charge in [0, 0.05) is 17.3 Å². The quantitative estimate of drug-likeness (QED) is 0.352. The van der Waals surface area contributed by atoms with Crippen molar-refractivity contribution in [2.75, 3.05) is 7.05 Å². The zero-order valence-corrected chi connectivity index (χ0v) is 20.2. The molecular weight excluding hydrogens is 350 g/mol. The van der Waals surface area contributed by atoms with E-state index in [2.05, 4.69) is 78.8 Å². The van der Waals surface area contributed by atoms with Crippen LogP contribution in [0.4, 0.5) is 0 Å². The standard InChI is InChI=1S/C23H49N3S/c1-9-14(3)11-19(10-2)16(5)12-20-22(17(6)25-8)21(26-23(20)24)13-15(4)18(7)27/h14-23,25-27H,9-13,24H2,1-8H3. The Kier molecular flexibility index (Phi) is 11.3. The minimum atomic E-state index is 0.113. The molecule has 0 aromatic rings. The van der Waals surface area contributed by atoms with Crippen LogP contribution in [0.2, 0.25) is 0 Å². The summed E-state index contributed by atoms with van der Waals surface area (Å²) in [7, 11) is 2.09. The SMILES string of the molecule is CCC(C)CC(CC)C(C)CC1C(N)NC(CC(C)C(C)S)C1C(C)NC. The van der Waals surface area contributed by atoms with Gasteiger partial charge in [-0.1, -0.05) is 54.4 Å². The van der Waals surface area contributed by atoms with Gasteiger partial charge in [-0.15, -0.1) is 0 Å². The van der Waals surface area contributed by atoms with Crippen molar-refractivity contribution in [1.29, 1.82) is 0 Å². The minimum absolute atomic E-state index is 0.113. The summed E-state index contributed by atoms with van der Waals surface area (Å²) in [4.78, 5) is 0. The Morgan fingerprint density at radius 3 is 2.11 bits per heavy atom. The highest BCUT2D eigenvalue weighted by Gasteiger charge is 2.44. The molecule has 1 heterocycles. The summed E-state index contributed by atoms with van der Waals surface area (Å²) in [6.07, 6.45) is 6.43. The molecule has 0 aliphatic carbocycles. The minimum Gasteiger partial charge on any atom is -0.317 e. The van der Waals surface area contributed by atoms with Gasteiger partial charge in [0.2, 0.25) is 0 Å². The third-order valence-corrected chi connectivity index (χ3v) is 8.19. The molecule has 0 radical (unpaired) electrons. The van der Waals surface area contributed by atoms with Gasteiger partial charge in [0.15, 0.2) is 0 Å². The van der Waals surface area contributed by atoms with E-state index >= 15 is 0 Å². The summed E-state index contributed by atoms with van der Waals surface area (Å²) < 4.78 is 0. The third kappa shape index (κ3) is 7.21. The van der Waals surface area contributed by atoms with Crippen LogP contribution in [-0.2, 0) is 0 Å². The Morgan fingerprint density at radius 2 is 1.63 bits per heavy atom. The number of rotatable bonds is 12. The van der Waals surface area contributed by atoms with E-state index < -0.39 is 0 Å². The van der Waals surface area contributed by atoms with Crippen molar-refractivity contribution in [2.45, 2.75) is 104 Å². The second kappa shape index (κ2) is 12.0. The number of nitrogens with two attached hydrogens (primary N) is 1. The van der Waals surface area contributed by atoms with Crippen LogP contribution in [0.5, 0.6) is 0 Å². The lowest BCUT2D eigenvalue weighted by Gasteiger charge is -2.35. The van der Waals surface area contributed by atoms with Gasteiger partial charge in [-0.05, 0) is 68.7 Å². The molecule has 1 fully saturated rings.